The molecule has 1 unspecified atom stereocenters. The Labute approximate surface area is 108 Å². The highest BCUT2D eigenvalue weighted by molar-refractivity contribution is 14.1. The van der Waals surface area contributed by atoms with E-state index in [1.807, 2.05) is 23.0 Å². The molecule has 0 amide bonds. The lowest BCUT2D eigenvalue weighted by Gasteiger charge is -2.08. The molecule has 1 aromatic heterocycles. The SMILES string of the molecule is Ic1cnn(CC2COc3ccccc32)c1. The molecule has 2 heterocycles. The van der Waals surface area contributed by atoms with Crippen molar-refractivity contribution in [3.63, 3.8) is 0 Å². The predicted molar refractivity (Wildman–Crippen MR) is 69.6 cm³/mol. The van der Waals surface area contributed by atoms with Gasteiger partial charge in [-0.3, -0.25) is 4.68 Å². The summed E-state index contributed by atoms with van der Waals surface area (Å²) in [5, 5.41) is 4.31. The molecule has 1 aliphatic rings. The van der Waals surface area contributed by atoms with Crippen LogP contribution in [0.3, 0.4) is 0 Å². The summed E-state index contributed by atoms with van der Waals surface area (Å²) >= 11 is 2.27. The Morgan fingerprint density at radius 2 is 2.31 bits per heavy atom. The van der Waals surface area contributed by atoms with Crippen LogP contribution in [0.1, 0.15) is 11.5 Å². The zero-order chi connectivity index (χ0) is 11.0. The van der Waals surface area contributed by atoms with Gasteiger partial charge in [0.2, 0.25) is 0 Å². The van der Waals surface area contributed by atoms with Gasteiger partial charge in [0.25, 0.3) is 0 Å². The summed E-state index contributed by atoms with van der Waals surface area (Å²) in [5.74, 6) is 1.45. The van der Waals surface area contributed by atoms with Crippen LogP contribution < -0.4 is 4.74 Å². The molecule has 2 aromatic rings. The van der Waals surface area contributed by atoms with Crippen molar-refractivity contribution in [1.82, 2.24) is 9.78 Å². The quantitative estimate of drug-likeness (QED) is 0.794. The largest absolute Gasteiger partial charge is 0.493 e. The molecular weight excluding hydrogens is 315 g/mol. The molecule has 4 heteroatoms. The third-order valence-corrected chi connectivity index (χ3v) is 3.37. The summed E-state index contributed by atoms with van der Waals surface area (Å²) in [5.41, 5.74) is 1.30. The summed E-state index contributed by atoms with van der Waals surface area (Å²) in [6, 6.07) is 8.25. The second-order valence-electron chi connectivity index (χ2n) is 3.93. The topological polar surface area (TPSA) is 27.1 Å². The first-order chi connectivity index (χ1) is 7.83. The lowest BCUT2D eigenvalue weighted by molar-refractivity contribution is 0.315. The van der Waals surface area contributed by atoms with E-state index in [1.165, 1.54) is 9.13 Å². The molecule has 3 rings (SSSR count). The second kappa shape index (κ2) is 4.08. The molecule has 82 valence electrons. The van der Waals surface area contributed by atoms with Crippen molar-refractivity contribution in [2.24, 2.45) is 0 Å². The van der Waals surface area contributed by atoms with E-state index >= 15 is 0 Å². The molecule has 1 aliphatic heterocycles. The highest BCUT2D eigenvalue weighted by atomic mass is 127. The minimum Gasteiger partial charge on any atom is -0.493 e. The van der Waals surface area contributed by atoms with Crippen LogP contribution in [0.25, 0.3) is 0 Å². The van der Waals surface area contributed by atoms with E-state index < -0.39 is 0 Å². The fourth-order valence-electron chi connectivity index (χ4n) is 2.04. The molecule has 0 saturated heterocycles. The maximum Gasteiger partial charge on any atom is 0.122 e. The molecule has 1 atom stereocenters. The van der Waals surface area contributed by atoms with Crippen LogP contribution >= 0.6 is 22.6 Å². The number of aromatic nitrogens is 2. The first-order valence-corrected chi connectivity index (χ1v) is 6.30. The maximum absolute atomic E-state index is 5.65. The average molecular weight is 326 g/mol. The third kappa shape index (κ3) is 1.81. The van der Waals surface area contributed by atoms with Gasteiger partial charge in [-0.25, -0.2) is 0 Å². The fraction of sp³-hybridized carbons (Fsp3) is 0.250. The van der Waals surface area contributed by atoms with E-state index in [0.29, 0.717) is 5.92 Å². The van der Waals surface area contributed by atoms with Gasteiger partial charge in [-0.15, -0.1) is 0 Å². The number of hydrogen-bond donors (Lipinski definition) is 0. The first-order valence-electron chi connectivity index (χ1n) is 5.22. The number of nitrogens with zero attached hydrogens (tertiary/aromatic N) is 2. The van der Waals surface area contributed by atoms with E-state index in [0.717, 1.165) is 18.9 Å². The molecule has 3 nitrogen and oxygen atoms in total. The number of ether oxygens (including phenoxy) is 1. The second-order valence-corrected chi connectivity index (χ2v) is 5.17. The lowest BCUT2D eigenvalue weighted by Crippen LogP contribution is -2.10. The predicted octanol–water partition coefficient (Wildman–Crippen LogP) is 2.66. The normalized spacial score (nSPS) is 18.2. The van der Waals surface area contributed by atoms with Crippen LogP contribution in [-0.4, -0.2) is 16.4 Å². The van der Waals surface area contributed by atoms with Gasteiger partial charge in [0.1, 0.15) is 5.75 Å². The monoisotopic (exact) mass is 326 g/mol. The molecular formula is C12H11IN2O. The molecule has 0 fully saturated rings. The van der Waals surface area contributed by atoms with Crippen molar-refractivity contribution >= 4 is 22.6 Å². The number of rotatable bonds is 2. The zero-order valence-corrected chi connectivity index (χ0v) is 10.8. The smallest absolute Gasteiger partial charge is 0.122 e. The minimum absolute atomic E-state index is 0.423. The van der Waals surface area contributed by atoms with Crippen molar-refractivity contribution in [3.8, 4) is 5.75 Å². The summed E-state index contributed by atoms with van der Waals surface area (Å²) < 4.78 is 8.80. The Morgan fingerprint density at radius 3 is 3.12 bits per heavy atom. The highest BCUT2D eigenvalue weighted by Crippen LogP contribution is 2.34. The van der Waals surface area contributed by atoms with Crippen LogP contribution in [0, 0.1) is 3.57 Å². The Kier molecular flexibility index (Phi) is 2.59. The molecule has 0 aliphatic carbocycles. The van der Waals surface area contributed by atoms with E-state index in [4.69, 9.17) is 4.74 Å². The van der Waals surface area contributed by atoms with Gasteiger partial charge >= 0.3 is 0 Å². The molecule has 0 radical (unpaired) electrons. The molecule has 16 heavy (non-hydrogen) atoms. The molecule has 0 saturated carbocycles. The Hall–Kier alpha value is -1.04. The average Bonchev–Trinajstić information content (AvgIpc) is 2.87. The van der Waals surface area contributed by atoms with Crippen LogP contribution in [0.5, 0.6) is 5.75 Å². The zero-order valence-electron chi connectivity index (χ0n) is 8.64. The lowest BCUT2D eigenvalue weighted by atomic mass is 10.0. The number of halogens is 1. The van der Waals surface area contributed by atoms with Crippen LogP contribution in [0.4, 0.5) is 0 Å². The number of hydrogen-bond acceptors (Lipinski definition) is 2. The van der Waals surface area contributed by atoms with Crippen LogP contribution in [0.2, 0.25) is 0 Å². The summed E-state index contributed by atoms with van der Waals surface area (Å²) in [4.78, 5) is 0. The Morgan fingerprint density at radius 1 is 1.44 bits per heavy atom. The molecule has 1 aromatic carbocycles. The Bertz CT molecular complexity index is 509. The maximum atomic E-state index is 5.65. The van der Waals surface area contributed by atoms with E-state index in [1.54, 1.807) is 0 Å². The highest BCUT2D eigenvalue weighted by Gasteiger charge is 2.23. The van der Waals surface area contributed by atoms with Crippen molar-refractivity contribution in [2.75, 3.05) is 6.61 Å². The van der Waals surface area contributed by atoms with Crippen molar-refractivity contribution in [3.05, 3.63) is 45.8 Å². The summed E-state index contributed by atoms with van der Waals surface area (Å²) in [6.07, 6.45) is 3.93. The van der Waals surface area contributed by atoms with Crippen molar-refractivity contribution < 1.29 is 4.74 Å². The van der Waals surface area contributed by atoms with Gasteiger partial charge in [-0.1, -0.05) is 18.2 Å². The number of benzene rings is 1. The molecule has 0 N–H and O–H groups in total. The molecule has 0 spiro atoms. The van der Waals surface area contributed by atoms with E-state index in [2.05, 4.69) is 46.0 Å². The van der Waals surface area contributed by atoms with Gasteiger partial charge in [-0.05, 0) is 28.7 Å². The number of fused-ring (bicyclic) bond motifs is 1. The van der Waals surface area contributed by atoms with Gasteiger partial charge in [-0.2, -0.15) is 5.10 Å². The van der Waals surface area contributed by atoms with Gasteiger partial charge in [0.15, 0.2) is 0 Å². The molecule has 0 bridgehead atoms. The summed E-state index contributed by atoms with van der Waals surface area (Å²) in [7, 11) is 0. The van der Waals surface area contributed by atoms with Crippen LogP contribution in [-0.2, 0) is 6.54 Å². The first kappa shape index (κ1) is 10.1. The minimum atomic E-state index is 0.423. The summed E-state index contributed by atoms with van der Waals surface area (Å²) in [6.45, 7) is 1.65. The fourth-order valence-corrected chi connectivity index (χ4v) is 2.49. The van der Waals surface area contributed by atoms with Gasteiger partial charge in [0, 0.05) is 17.7 Å². The Balaban J connectivity index is 1.83. The standard InChI is InChI=1S/C12H11IN2O/c13-10-5-14-15(7-10)6-9-8-16-12-4-2-1-3-11(9)12/h1-5,7,9H,6,8H2. The third-order valence-electron chi connectivity index (χ3n) is 2.81. The van der Waals surface area contributed by atoms with Crippen LogP contribution in [0.15, 0.2) is 36.7 Å². The van der Waals surface area contributed by atoms with Crippen molar-refractivity contribution in [1.29, 1.82) is 0 Å². The van der Waals surface area contributed by atoms with E-state index in [9.17, 15) is 0 Å². The van der Waals surface area contributed by atoms with E-state index in [-0.39, 0.29) is 0 Å². The number of para-hydroxylation sites is 1. The van der Waals surface area contributed by atoms with Gasteiger partial charge in [0.05, 0.1) is 22.9 Å². The van der Waals surface area contributed by atoms with Gasteiger partial charge < -0.3 is 4.74 Å². The van der Waals surface area contributed by atoms with Crippen molar-refractivity contribution in [2.45, 2.75) is 12.5 Å².